The maximum Gasteiger partial charge on any atom is 0.257 e. The molecule has 2 N–H and O–H groups in total. The van der Waals surface area contributed by atoms with Crippen LogP contribution in [0.15, 0.2) is 54.9 Å². The van der Waals surface area contributed by atoms with Crippen LogP contribution < -0.4 is 20.1 Å². The summed E-state index contributed by atoms with van der Waals surface area (Å²) in [6, 6.07) is 12.6. The summed E-state index contributed by atoms with van der Waals surface area (Å²) < 4.78 is 11.0. The molecule has 0 aliphatic carbocycles. The molecular weight excluding hydrogens is 378 g/mol. The number of hydrogen-bond acceptors (Lipinski definition) is 5. The van der Waals surface area contributed by atoms with Gasteiger partial charge in [-0.15, -0.1) is 0 Å². The highest BCUT2D eigenvalue weighted by atomic mass is 35.5. The Morgan fingerprint density at radius 2 is 1.82 bits per heavy atom. The number of amides is 1. The molecule has 2 heterocycles. The molecule has 28 heavy (non-hydrogen) atoms. The van der Waals surface area contributed by atoms with E-state index in [1.165, 1.54) is 6.20 Å². The van der Waals surface area contributed by atoms with Crippen molar-refractivity contribution >= 4 is 34.6 Å². The molecule has 0 atom stereocenters. The Morgan fingerprint density at radius 1 is 1.00 bits per heavy atom. The number of aromatic nitrogens is 1. The molecule has 142 valence electrons. The third kappa shape index (κ3) is 4.02. The van der Waals surface area contributed by atoms with E-state index in [0.29, 0.717) is 46.7 Å². The Bertz CT molecular complexity index is 1040. The molecule has 2 aromatic carbocycles. The zero-order valence-corrected chi connectivity index (χ0v) is 15.9. The molecule has 6 nitrogen and oxygen atoms in total. The van der Waals surface area contributed by atoms with Crippen LogP contribution in [0, 0.1) is 6.92 Å². The fraction of sp³-hybridized carbons (Fsp3) is 0.143. The van der Waals surface area contributed by atoms with Crippen molar-refractivity contribution in [3.05, 3.63) is 71.0 Å². The van der Waals surface area contributed by atoms with Gasteiger partial charge in [-0.1, -0.05) is 11.6 Å². The van der Waals surface area contributed by atoms with Crippen LogP contribution in [0.3, 0.4) is 0 Å². The van der Waals surface area contributed by atoms with Crippen LogP contribution in [-0.2, 0) is 0 Å². The van der Waals surface area contributed by atoms with Crippen LogP contribution in [0.4, 0.5) is 17.1 Å². The van der Waals surface area contributed by atoms with Gasteiger partial charge in [0.2, 0.25) is 0 Å². The van der Waals surface area contributed by atoms with E-state index in [2.05, 4.69) is 15.6 Å². The number of ether oxygens (including phenoxy) is 2. The first-order valence-electron chi connectivity index (χ1n) is 8.78. The quantitative estimate of drug-likeness (QED) is 0.663. The molecule has 7 heteroatoms. The van der Waals surface area contributed by atoms with Gasteiger partial charge < -0.3 is 20.1 Å². The number of anilines is 3. The first-order chi connectivity index (χ1) is 13.6. The van der Waals surface area contributed by atoms with Gasteiger partial charge in [0.1, 0.15) is 13.2 Å². The van der Waals surface area contributed by atoms with Gasteiger partial charge in [0.05, 0.1) is 17.4 Å². The highest BCUT2D eigenvalue weighted by Gasteiger charge is 2.14. The summed E-state index contributed by atoms with van der Waals surface area (Å²) in [5, 5.41) is 6.80. The van der Waals surface area contributed by atoms with Gasteiger partial charge in [-0.05, 0) is 48.9 Å². The Morgan fingerprint density at radius 3 is 2.64 bits per heavy atom. The molecule has 1 aliphatic heterocycles. The fourth-order valence-corrected chi connectivity index (χ4v) is 3.11. The zero-order chi connectivity index (χ0) is 19.5. The number of carbonyl (C=O) groups is 1. The van der Waals surface area contributed by atoms with Gasteiger partial charge in [-0.2, -0.15) is 0 Å². The van der Waals surface area contributed by atoms with E-state index in [1.807, 2.05) is 25.1 Å². The molecule has 0 spiro atoms. The summed E-state index contributed by atoms with van der Waals surface area (Å²) >= 11 is 6.00. The topological polar surface area (TPSA) is 72.5 Å². The van der Waals surface area contributed by atoms with Gasteiger partial charge in [-0.3, -0.25) is 9.78 Å². The Balaban J connectivity index is 1.50. The maximum absolute atomic E-state index is 12.6. The fourth-order valence-electron chi connectivity index (χ4n) is 2.88. The number of pyridine rings is 1. The average Bonchev–Trinajstić information content (AvgIpc) is 2.70. The van der Waals surface area contributed by atoms with E-state index in [0.717, 1.165) is 11.3 Å². The first-order valence-corrected chi connectivity index (χ1v) is 9.15. The minimum absolute atomic E-state index is 0.263. The molecule has 0 saturated carbocycles. The van der Waals surface area contributed by atoms with Gasteiger partial charge >= 0.3 is 0 Å². The van der Waals surface area contributed by atoms with E-state index in [4.69, 9.17) is 21.1 Å². The maximum atomic E-state index is 12.6. The molecule has 1 amide bonds. The number of carbonyl (C=O) groups excluding carboxylic acids is 1. The van der Waals surface area contributed by atoms with Crippen LogP contribution >= 0.6 is 11.6 Å². The molecule has 0 fully saturated rings. The minimum Gasteiger partial charge on any atom is -0.486 e. The van der Waals surface area contributed by atoms with Crippen LogP contribution in [0.2, 0.25) is 5.02 Å². The molecule has 0 saturated heterocycles. The number of fused-ring (bicyclic) bond motifs is 1. The number of hydrogen-bond donors (Lipinski definition) is 2. The third-order valence-electron chi connectivity index (χ3n) is 4.27. The number of aryl methyl sites for hydroxylation is 1. The van der Waals surface area contributed by atoms with Crippen molar-refractivity contribution in [2.24, 2.45) is 0 Å². The number of rotatable bonds is 4. The van der Waals surface area contributed by atoms with Crippen molar-refractivity contribution in [3.63, 3.8) is 0 Å². The van der Waals surface area contributed by atoms with Crippen LogP contribution in [0.25, 0.3) is 0 Å². The monoisotopic (exact) mass is 395 g/mol. The largest absolute Gasteiger partial charge is 0.486 e. The predicted molar refractivity (Wildman–Crippen MR) is 109 cm³/mol. The standard InChI is InChI=1S/C21H18ClN3O3/c1-13-8-15(22)2-4-18(13)24-17-9-14(11-23-12-17)21(26)25-16-3-5-19-20(10-16)28-7-6-27-19/h2-5,8-12,24H,6-7H2,1H3,(H,25,26). The van der Waals surface area contributed by atoms with Gasteiger partial charge in [0.25, 0.3) is 5.91 Å². The molecule has 1 aromatic heterocycles. The highest BCUT2D eigenvalue weighted by Crippen LogP contribution is 2.32. The van der Waals surface area contributed by atoms with E-state index < -0.39 is 0 Å². The van der Waals surface area contributed by atoms with Gasteiger partial charge in [0.15, 0.2) is 11.5 Å². The molecule has 0 unspecified atom stereocenters. The normalized spacial score (nSPS) is 12.4. The highest BCUT2D eigenvalue weighted by molar-refractivity contribution is 6.30. The summed E-state index contributed by atoms with van der Waals surface area (Å²) in [4.78, 5) is 16.8. The van der Waals surface area contributed by atoms with Crippen molar-refractivity contribution in [3.8, 4) is 11.5 Å². The predicted octanol–water partition coefficient (Wildman–Crippen LogP) is 4.81. The molecule has 0 bridgehead atoms. The lowest BCUT2D eigenvalue weighted by Gasteiger charge is -2.19. The van der Waals surface area contributed by atoms with E-state index in [9.17, 15) is 4.79 Å². The Labute approximate surface area is 167 Å². The molecule has 3 aromatic rings. The number of nitrogens with one attached hydrogen (secondary N) is 2. The average molecular weight is 396 g/mol. The number of nitrogens with zero attached hydrogens (tertiary/aromatic N) is 1. The van der Waals surface area contributed by atoms with Crippen LogP contribution in [0.1, 0.15) is 15.9 Å². The Hall–Kier alpha value is -3.25. The van der Waals surface area contributed by atoms with Crippen molar-refractivity contribution in [1.29, 1.82) is 0 Å². The second kappa shape index (κ2) is 7.78. The van der Waals surface area contributed by atoms with E-state index in [-0.39, 0.29) is 5.91 Å². The molecule has 0 radical (unpaired) electrons. The molecule has 4 rings (SSSR count). The smallest absolute Gasteiger partial charge is 0.257 e. The SMILES string of the molecule is Cc1cc(Cl)ccc1Nc1cncc(C(=O)Nc2ccc3c(c2)OCCO3)c1. The third-order valence-corrected chi connectivity index (χ3v) is 4.50. The lowest BCUT2D eigenvalue weighted by molar-refractivity contribution is 0.102. The van der Waals surface area contributed by atoms with E-state index in [1.54, 1.807) is 30.5 Å². The summed E-state index contributed by atoms with van der Waals surface area (Å²) in [7, 11) is 0. The van der Waals surface area contributed by atoms with E-state index >= 15 is 0 Å². The van der Waals surface area contributed by atoms with Crippen molar-refractivity contribution in [1.82, 2.24) is 4.98 Å². The summed E-state index contributed by atoms with van der Waals surface area (Å²) in [6.07, 6.45) is 3.18. The zero-order valence-electron chi connectivity index (χ0n) is 15.2. The molecule has 1 aliphatic rings. The second-order valence-corrected chi connectivity index (χ2v) is 6.80. The van der Waals surface area contributed by atoms with Crippen LogP contribution in [0.5, 0.6) is 11.5 Å². The summed E-state index contributed by atoms with van der Waals surface area (Å²) in [6.45, 7) is 2.98. The van der Waals surface area contributed by atoms with Crippen molar-refractivity contribution in [2.75, 3.05) is 23.8 Å². The summed E-state index contributed by atoms with van der Waals surface area (Å²) in [5.74, 6) is 1.03. The van der Waals surface area contributed by atoms with Crippen molar-refractivity contribution < 1.29 is 14.3 Å². The lowest BCUT2D eigenvalue weighted by atomic mass is 10.2. The number of benzene rings is 2. The second-order valence-electron chi connectivity index (χ2n) is 6.36. The van der Waals surface area contributed by atoms with Crippen molar-refractivity contribution in [2.45, 2.75) is 6.92 Å². The van der Waals surface area contributed by atoms with Gasteiger partial charge in [0, 0.05) is 28.7 Å². The first kappa shape index (κ1) is 18.1. The summed E-state index contributed by atoms with van der Waals surface area (Å²) in [5.41, 5.74) is 3.67. The number of halogens is 1. The van der Waals surface area contributed by atoms with Crippen LogP contribution in [-0.4, -0.2) is 24.1 Å². The minimum atomic E-state index is -0.263. The Kier molecular flexibility index (Phi) is 5.04. The lowest BCUT2D eigenvalue weighted by Crippen LogP contribution is -2.16. The molecular formula is C21H18ClN3O3. The van der Waals surface area contributed by atoms with Gasteiger partial charge in [-0.25, -0.2) is 0 Å².